The summed E-state index contributed by atoms with van der Waals surface area (Å²) in [5.74, 6) is 0. The van der Waals surface area contributed by atoms with E-state index in [-0.39, 0.29) is 11.4 Å². The van der Waals surface area contributed by atoms with E-state index >= 15 is 0 Å². The Morgan fingerprint density at radius 3 is 2.15 bits per heavy atom. The molecule has 3 nitrogen and oxygen atoms in total. The van der Waals surface area contributed by atoms with Crippen LogP contribution in [0.2, 0.25) is 0 Å². The molecule has 0 heterocycles. The molecular formula is C21H20BrNO2S. The lowest BCUT2D eigenvalue weighted by Gasteiger charge is -2.26. The van der Waals surface area contributed by atoms with Gasteiger partial charge >= 0.3 is 0 Å². The van der Waals surface area contributed by atoms with Gasteiger partial charge in [-0.3, -0.25) is 4.31 Å². The topological polar surface area (TPSA) is 37.4 Å². The Hall–Kier alpha value is -2.11. The number of hydrogen-bond acceptors (Lipinski definition) is 2. The van der Waals surface area contributed by atoms with Gasteiger partial charge in [0, 0.05) is 4.47 Å². The van der Waals surface area contributed by atoms with E-state index in [2.05, 4.69) is 15.9 Å². The maximum atomic E-state index is 13.4. The van der Waals surface area contributed by atoms with Crippen molar-refractivity contribution >= 4 is 31.6 Å². The minimum atomic E-state index is -3.68. The standard InChI is InChI=1S/C21H20BrNO2S/c1-16-8-13-21(17(2)14-16)23(15-18-9-11-19(22)12-10-18)26(24,25)20-6-4-3-5-7-20/h3-14H,15H2,1-2H3. The fraction of sp³-hybridized carbons (Fsp3) is 0.143. The van der Waals surface area contributed by atoms with E-state index in [0.29, 0.717) is 5.69 Å². The van der Waals surface area contributed by atoms with E-state index in [4.69, 9.17) is 0 Å². The lowest BCUT2D eigenvalue weighted by Crippen LogP contribution is -2.31. The van der Waals surface area contributed by atoms with Crippen molar-refractivity contribution in [2.75, 3.05) is 4.31 Å². The monoisotopic (exact) mass is 429 g/mol. The number of halogens is 1. The van der Waals surface area contributed by atoms with E-state index in [1.54, 1.807) is 24.3 Å². The predicted molar refractivity (Wildman–Crippen MR) is 110 cm³/mol. The van der Waals surface area contributed by atoms with Crippen molar-refractivity contribution in [3.63, 3.8) is 0 Å². The van der Waals surface area contributed by atoms with Crippen molar-refractivity contribution in [2.24, 2.45) is 0 Å². The summed E-state index contributed by atoms with van der Waals surface area (Å²) < 4.78 is 29.2. The third-order valence-corrected chi connectivity index (χ3v) is 6.49. The van der Waals surface area contributed by atoms with Crippen LogP contribution >= 0.6 is 15.9 Å². The van der Waals surface area contributed by atoms with Crippen molar-refractivity contribution < 1.29 is 8.42 Å². The van der Waals surface area contributed by atoms with Crippen molar-refractivity contribution in [1.82, 2.24) is 0 Å². The van der Waals surface area contributed by atoms with Crippen LogP contribution in [0, 0.1) is 13.8 Å². The number of rotatable bonds is 5. The van der Waals surface area contributed by atoms with Crippen LogP contribution < -0.4 is 4.31 Å². The van der Waals surface area contributed by atoms with Gasteiger partial charge in [-0.1, -0.05) is 64.0 Å². The van der Waals surface area contributed by atoms with Gasteiger partial charge in [0.2, 0.25) is 0 Å². The predicted octanol–water partition coefficient (Wildman–Crippen LogP) is 5.46. The molecule has 0 aliphatic carbocycles. The first-order valence-corrected chi connectivity index (χ1v) is 10.5. The second-order valence-electron chi connectivity index (χ2n) is 6.24. The zero-order valence-electron chi connectivity index (χ0n) is 14.7. The molecule has 3 rings (SSSR count). The summed E-state index contributed by atoms with van der Waals surface area (Å²) in [6.45, 7) is 4.22. The summed E-state index contributed by atoms with van der Waals surface area (Å²) in [4.78, 5) is 0.289. The van der Waals surface area contributed by atoms with Crippen LogP contribution in [0.15, 0.2) is 82.2 Å². The highest BCUT2D eigenvalue weighted by molar-refractivity contribution is 9.10. The molecule has 0 N–H and O–H groups in total. The fourth-order valence-electron chi connectivity index (χ4n) is 2.86. The maximum absolute atomic E-state index is 13.4. The summed E-state index contributed by atoms with van der Waals surface area (Å²) in [7, 11) is -3.68. The van der Waals surface area contributed by atoms with Gasteiger partial charge in [-0.15, -0.1) is 0 Å². The van der Waals surface area contributed by atoms with Crippen molar-refractivity contribution in [3.8, 4) is 0 Å². The van der Waals surface area contributed by atoms with E-state index in [1.807, 2.05) is 62.4 Å². The highest BCUT2D eigenvalue weighted by Crippen LogP contribution is 2.29. The fourth-order valence-corrected chi connectivity index (χ4v) is 4.66. The lowest BCUT2D eigenvalue weighted by atomic mass is 10.1. The molecule has 5 heteroatoms. The molecule has 0 aliphatic heterocycles. The van der Waals surface area contributed by atoms with Gasteiger partial charge in [-0.05, 0) is 55.3 Å². The second kappa shape index (κ2) is 7.64. The first-order chi connectivity index (χ1) is 12.4. The minimum Gasteiger partial charge on any atom is -0.262 e. The van der Waals surface area contributed by atoms with Gasteiger partial charge in [0.15, 0.2) is 0 Å². The smallest absolute Gasteiger partial charge is 0.262 e. The van der Waals surface area contributed by atoms with Gasteiger partial charge in [0.1, 0.15) is 0 Å². The number of hydrogen-bond donors (Lipinski definition) is 0. The molecule has 0 aromatic heterocycles. The van der Waals surface area contributed by atoms with Crippen molar-refractivity contribution in [2.45, 2.75) is 25.3 Å². The van der Waals surface area contributed by atoms with Crippen LogP contribution in [0.3, 0.4) is 0 Å². The maximum Gasteiger partial charge on any atom is 0.264 e. The molecule has 0 saturated carbocycles. The second-order valence-corrected chi connectivity index (χ2v) is 9.02. The summed E-state index contributed by atoms with van der Waals surface area (Å²) in [6, 6.07) is 22.1. The Morgan fingerprint density at radius 2 is 1.54 bits per heavy atom. The van der Waals surface area contributed by atoms with E-state index < -0.39 is 10.0 Å². The Morgan fingerprint density at radius 1 is 0.885 bits per heavy atom. The molecular weight excluding hydrogens is 410 g/mol. The van der Waals surface area contributed by atoms with Gasteiger partial charge in [0.05, 0.1) is 17.1 Å². The molecule has 0 radical (unpaired) electrons. The van der Waals surface area contributed by atoms with Gasteiger partial charge in [-0.25, -0.2) is 8.42 Å². The van der Waals surface area contributed by atoms with Crippen molar-refractivity contribution in [3.05, 3.63) is 94.0 Å². The van der Waals surface area contributed by atoms with Crippen LogP contribution in [-0.2, 0) is 16.6 Å². The first-order valence-electron chi connectivity index (χ1n) is 8.27. The molecule has 0 spiro atoms. The zero-order chi connectivity index (χ0) is 18.7. The Bertz CT molecular complexity index is 1000. The third-order valence-electron chi connectivity index (χ3n) is 4.19. The Kier molecular flexibility index (Phi) is 5.49. The summed E-state index contributed by atoms with van der Waals surface area (Å²) in [5.41, 5.74) is 3.66. The summed E-state index contributed by atoms with van der Waals surface area (Å²) >= 11 is 3.42. The molecule has 134 valence electrons. The zero-order valence-corrected chi connectivity index (χ0v) is 17.1. The Labute approximate surface area is 163 Å². The highest BCUT2D eigenvalue weighted by Gasteiger charge is 2.26. The van der Waals surface area contributed by atoms with Gasteiger partial charge < -0.3 is 0 Å². The Balaban J connectivity index is 2.11. The highest BCUT2D eigenvalue weighted by atomic mass is 79.9. The van der Waals surface area contributed by atoms with Crippen molar-refractivity contribution in [1.29, 1.82) is 0 Å². The normalized spacial score (nSPS) is 11.3. The lowest BCUT2D eigenvalue weighted by molar-refractivity contribution is 0.590. The van der Waals surface area contributed by atoms with Gasteiger partial charge in [0.25, 0.3) is 10.0 Å². The van der Waals surface area contributed by atoms with Crippen LogP contribution in [0.1, 0.15) is 16.7 Å². The van der Waals surface area contributed by atoms with E-state index in [9.17, 15) is 8.42 Å². The van der Waals surface area contributed by atoms with E-state index in [1.165, 1.54) is 4.31 Å². The average molecular weight is 430 g/mol. The average Bonchev–Trinajstić information content (AvgIpc) is 2.62. The van der Waals surface area contributed by atoms with Crippen LogP contribution in [0.5, 0.6) is 0 Å². The molecule has 0 atom stereocenters. The molecule has 0 bridgehead atoms. The molecule has 0 amide bonds. The van der Waals surface area contributed by atoms with Crippen LogP contribution in [0.4, 0.5) is 5.69 Å². The molecule has 0 aliphatic rings. The number of anilines is 1. The molecule has 26 heavy (non-hydrogen) atoms. The minimum absolute atomic E-state index is 0.272. The first kappa shape index (κ1) is 18.7. The number of sulfonamides is 1. The van der Waals surface area contributed by atoms with Crippen LogP contribution in [-0.4, -0.2) is 8.42 Å². The largest absolute Gasteiger partial charge is 0.264 e. The molecule has 0 unspecified atom stereocenters. The number of aryl methyl sites for hydroxylation is 2. The quantitative estimate of drug-likeness (QED) is 0.539. The SMILES string of the molecule is Cc1ccc(N(Cc2ccc(Br)cc2)S(=O)(=O)c2ccccc2)c(C)c1. The molecule has 0 fully saturated rings. The number of benzene rings is 3. The number of nitrogens with zero attached hydrogens (tertiary/aromatic N) is 1. The molecule has 3 aromatic carbocycles. The molecule has 3 aromatic rings. The summed E-state index contributed by atoms with van der Waals surface area (Å²) in [6.07, 6.45) is 0. The van der Waals surface area contributed by atoms with Crippen LogP contribution in [0.25, 0.3) is 0 Å². The molecule has 0 saturated heterocycles. The summed E-state index contributed by atoms with van der Waals surface area (Å²) in [5, 5.41) is 0. The van der Waals surface area contributed by atoms with Gasteiger partial charge in [-0.2, -0.15) is 0 Å². The van der Waals surface area contributed by atoms with E-state index in [0.717, 1.165) is 21.2 Å². The third kappa shape index (κ3) is 4.00.